The number of rotatable bonds is 2. The number of nitrogens with zero attached hydrogens (tertiary/aromatic N) is 2. The Morgan fingerprint density at radius 2 is 2.06 bits per heavy atom. The van der Waals surface area contributed by atoms with E-state index < -0.39 is 0 Å². The minimum atomic E-state index is -0.179. The summed E-state index contributed by atoms with van der Waals surface area (Å²) >= 11 is 8.80. The summed E-state index contributed by atoms with van der Waals surface area (Å²) in [4.78, 5) is 2.07. The van der Waals surface area contributed by atoms with Crippen molar-refractivity contribution in [3.63, 3.8) is 0 Å². The molecule has 0 amide bonds. The van der Waals surface area contributed by atoms with Gasteiger partial charge in [-0.1, -0.05) is 36.9 Å². The summed E-state index contributed by atoms with van der Waals surface area (Å²) in [5.74, 6) is 0. The first-order valence-electron chi connectivity index (χ1n) is 5.23. The molecule has 0 aliphatic carbocycles. The van der Waals surface area contributed by atoms with Gasteiger partial charge in [0.15, 0.2) is 0 Å². The fourth-order valence-electron chi connectivity index (χ4n) is 1.55. The van der Waals surface area contributed by atoms with Crippen LogP contribution in [0.3, 0.4) is 0 Å². The molecule has 92 valence electrons. The summed E-state index contributed by atoms with van der Waals surface area (Å²) in [6, 6.07) is 3.65. The first-order chi connectivity index (χ1) is 7.89. The van der Waals surface area contributed by atoms with Gasteiger partial charge in [0.2, 0.25) is 0 Å². The summed E-state index contributed by atoms with van der Waals surface area (Å²) in [6.07, 6.45) is 0. The molecule has 17 heavy (non-hydrogen) atoms. The monoisotopic (exact) mass is 287 g/mol. The fourth-order valence-corrected chi connectivity index (χ4v) is 3.58. The van der Waals surface area contributed by atoms with Gasteiger partial charge in [0.25, 0.3) is 0 Å². The van der Waals surface area contributed by atoms with Crippen LogP contribution in [0.25, 0.3) is 0 Å². The molecule has 3 nitrogen and oxygen atoms in total. The van der Waals surface area contributed by atoms with E-state index >= 15 is 0 Å². The van der Waals surface area contributed by atoms with Crippen LogP contribution >= 0.6 is 34.5 Å². The Hall–Kier alpha value is -0.490. The molecule has 2 heterocycles. The maximum atomic E-state index is 6.25. The summed E-state index contributed by atoms with van der Waals surface area (Å²) in [5, 5.41) is 4.20. The summed E-state index contributed by atoms with van der Waals surface area (Å²) < 4.78 is 4.78. The Morgan fingerprint density at radius 3 is 2.59 bits per heavy atom. The van der Waals surface area contributed by atoms with E-state index in [1.165, 1.54) is 22.9 Å². The highest BCUT2D eigenvalue weighted by Gasteiger charge is 2.26. The summed E-state index contributed by atoms with van der Waals surface area (Å²) in [7, 11) is 0. The van der Waals surface area contributed by atoms with Gasteiger partial charge >= 0.3 is 0 Å². The molecule has 0 bridgehead atoms. The van der Waals surface area contributed by atoms with Crippen LogP contribution in [-0.4, -0.2) is 9.59 Å². The van der Waals surface area contributed by atoms with E-state index in [1.807, 2.05) is 12.1 Å². The van der Waals surface area contributed by atoms with E-state index in [0.717, 1.165) is 19.8 Å². The first-order valence-corrected chi connectivity index (χ1v) is 7.20. The molecule has 0 radical (unpaired) electrons. The summed E-state index contributed by atoms with van der Waals surface area (Å²) in [6.45, 7) is 6.34. The van der Waals surface area contributed by atoms with Crippen LogP contribution in [-0.2, 0) is 5.41 Å². The third kappa shape index (κ3) is 2.68. The van der Waals surface area contributed by atoms with Crippen molar-refractivity contribution in [1.82, 2.24) is 9.59 Å². The third-order valence-electron chi connectivity index (χ3n) is 2.41. The van der Waals surface area contributed by atoms with Crippen LogP contribution in [0, 0.1) is 0 Å². The second kappa shape index (κ2) is 4.65. The molecule has 0 saturated heterocycles. The second-order valence-electron chi connectivity index (χ2n) is 4.86. The molecule has 2 aromatic heterocycles. The van der Waals surface area contributed by atoms with E-state index in [4.69, 9.17) is 17.3 Å². The lowest BCUT2D eigenvalue weighted by atomic mass is 9.90. The van der Waals surface area contributed by atoms with Gasteiger partial charge in [0.1, 0.15) is 0 Å². The Balaban J connectivity index is 2.38. The van der Waals surface area contributed by atoms with Gasteiger partial charge < -0.3 is 5.73 Å². The molecule has 0 spiro atoms. The normalized spacial score (nSPS) is 13.9. The third-order valence-corrected chi connectivity index (χ3v) is 4.53. The van der Waals surface area contributed by atoms with Gasteiger partial charge in [0.05, 0.1) is 20.9 Å². The Bertz CT molecular complexity index is 513. The quantitative estimate of drug-likeness (QED) is 0.918. The SMILES string of the molecule is CC(C)(C)c1nnsc1C(N)c1ccc(Cl)s1. The van der Waals surface area contributed by atoms with E-state index in [2.05, 4.69) is 30.4 Å². The van der Waals surface area contributed by atoms with Crippen molar-refractivity contribution in [3.8, 4) is 0 Å². The molecule has 1 atom stereocenters. The second-order valence-corrected chi connectivity index (χ2v) is 7.39. The zero-order valence-electron chi connectivity index (χ0n) is 9.90. The average Bonchev–Trinajstić information content (AvgIpc) is 2.83. The van der Waals surface area contributed by atoms with Crippen LogP contribution in [0.2, 0.25) is 4.34 Å². The zero-order valence-corrected chi connectivity index (χ0v) is 12.3. The smallest absolute Gasteiger partial charge is 0.0931 e. The van der Waals surface area contributed by atoms with Crippen LogP contribution in [0.15, 0.2) is 12.1 Å². The van der Waals surface area contributed by atoms with E-state index in [1.54, 1.807) is 0 Å². The molecular formula is C11H14ClN3S2. The van der Waals surface area contributed by atoms with Crippen molar-refractivity contribution in [1.29, 1.82) is 0 Å². The standard InChI is InChI=1S/C11H14ClN3S2/c1-11(2,3)10-9(17-15-14-10)8(13)6-4-5-7(12)16-6/h4-5,8H,13H2,1-3H3. The Morgan fingerprint density at radius 1 is 1.35 bits per heavy atom. The number of halogens is 1. The van der Waals surface area contributed by atoms with Crippen molar-refractivity contribution < 1.29 is 0 Å². The number of hydrogen-bond donors (Lipinski definition) is 1. The number of nitrogens with two attached hydrogens (primary N) is 1. The lowest BCUT2D eigenvalue weighted by molar-refractivity contribution is 0.557. The van der Waals surface area contributed by atoms with Gasteiger partial charge in [-0.25, -0.2) is 0 Å². The molecule has 2 rings (SSSR count). The molecule has 0 aliphatic heterocycles. The predicted octanol–water partition coefficient (Wildman–Crippen LogP) is 3.60. The molecule has 2 N–H and O–H groups in total. The number of thiophene rings is 1. The largest absolute Gasteiger partial charge is 0.319 e. The molecular weight excluding hydrogens is 274 g/mol. The molecule has 0 saturated carbocycles. The van der Waals surface area contributed by atoms with Crippen molar-refractivity contribution in [2.75, 3.05) is 0 Å². The fraction of sp³-hybridized carbons (Fsp3) is 0.455. The Labute approximate surface area is 114 Å². The molecule has 2 aromatic rings. The van der Waals surface area contributed by atoms with Crippen molar-refractivity contribution in [2.45, 2.75) is 32.2 Å². The van der Waals surface area contributed by atoms with Crippen LogP contribution in [0.5, 0.6) is 0 Å². The van der Waals surface area contributed by atoms with E-state index in [-0.39, 0.29) is 11.5 Å². The lowest BCUT2D eigenvalue weighted by Crippen LogP contribution is -2.19. The number of aromatic nitrogens is 2. The summed E-state index contributed by atoms with van der Waals surface area (Å²) in [5.41, 5.74) is 7.18. The van der Waals surface area contributed by atoms with Crippen molar-refractivity contribution in [3.05, 3.63) is 31.9 Å². The van der Waals surface area contributed by atoms with E-state index in [9.17, 15) is 0 Å². The minimum Gasteiger partial charge on any atom is -0.319 e. The Kier molecular flexibility index (Phi) is 3.54. The maximum Gasteiger partial charge on any atom is 0.0931 e. The van der Waals surface area contributed by atoms with Gasteiger partial charge in [0, 0.05) is 10.3 Å². The average molecular weight is 288 g/mol. The lowest BCUT2D eigenvalue weighted by Gasteiger charge is -2.18. The topological polar surface area (TPSA) is 51.8 Å². The minimum absolute atomic E-state index is 0.0407. The van der Waals surface area contributed by atoms with Crippen LogP contribution < -0.4 is 5.73 Å². The molecule has 0 aromatic carbocycles. The van der Waals surface area contributed by atoms with Crippen molar-refractivity contribution in [2.24, 2.45) is 5.73 Å². The molecule has 0 fully saturated rings. The highest BCUT2D eigenvalue weighted by Crippen LogP contribution is 2.35. The van der Waals surface area contributed by atoms with Crippen LogP contribution in [0.4, 0.5) is 0 Å². The first kappa shape index (κ1) is 13.0. The van der Waals surface area contributed by atoms with Gasteiger partial charge in [-0.3, -0.25) is 0 Å². The van der Waals surface area contributed by atoms with Crippen LogP contribution in [0.1, 0.15) is 42.3 Å². The van der Waals surface area contributed by atoms with Gasteiger partial charge in [-0.05, 0) is 23.7 Å². The van der Waals surface area contributed by atoms with Gasteiger partial charge in [-0.15, -0.1) is 16.4 Å². The number of hydrogen-bond acceptors (Lipinski definition) is 5. The molecule has 1 unspecified atom stereocenters. The van der Waals surface area contributed by atoms with E-state index in [0.29, 0.717) is 0 Å². The zero-order chi connectivity index (χ0) is 12.6. The maximum absolute atomic E-state index is 6.25. The predicted molar refractivity (Wildman–Crippen MR) is 74.0 cm³/mol. The highest BCUT2D eigenvalue weighted by molar-refractivity contribution is 7.16. The molecule has 0 aliphatic rings. The van der Waals surface area contributed by atoms with Gasteiger partial charge in [-0.2, -0.15) is 0 Å². The molecule has 6 heteroatoms. The highest BCUT2D eigenvalue weighted by atomic mass is 35.5. The van der Waals surface area contributed by atoms with Crippen molar-refractivity contribution >= 4 is 34.5 Å².